The normalized spacial score (nSPS) is 36.8. The van der Waals surface area contributed by atoms with Crippen LogP contribution in [0.2, 0.25) is 0 Å². The maximum Gasteiger partial charge on any atom is 0.344 e. The highest BCUT2D eigenvalue weighted by Gasteiger charge is 2.68. The molecule has 0 radical (unpaired) electrons. The molecule has 218 valence electrons. The van der Waals surface area contributed by atoms with Crippen molar-refractivity contribution in [3.63, 3.8) is 0 Å². The minimum Gasteiger partial charge on any atom is -0.459 e. The van der Waals surface area contributed by atoms with E-state index in [0.29, 0.717) is 12.8 Å². The van der Waals surface area contributed by atoms with Crippen LogP contribution in [-0.4, -0.2) is 41.6 Å². The Morgan fingerprint density at radius 2 is 1.83 bits per heavy atom. The van der Waals surface area contributed by atoms with E-state index in [0.717, 1.165) is 35.6 Å². The van der Waals surface area contributed by atoms with Crippen LogP contribution in [-0.2, 0) is 23.9 Å². The Hall–Kier alpha value is -3.25. The van der Waals surface area contributed by atoms with Gasteiger partial charge in [-0.3, -0.25) is 4.79 Å². The van der Waals surface area contributed by atoms with Crippen LogP contribution in [0.25, 0.3) is 16.8 Å². The molecule has 0 aliphatic heterocycles. The van der Waals surface area contributed by atoms with Gasteiger partial charge in [0, 0.05) is 29.2 Å². The summed E-state index contributed by atoms with van der Waals surface area (Å²) in [5, 5.41) is 13.8. The van der Waals surface area contributed by atoms with Gasteiger partial charge in [0.1, 0.15) is 11.9 Å². The quantitative estimate of drug-likeness (QED) is 0.254. The molecule has 6 heteroatoms. The number of hydrogen-bond acceptors (Lipinski definition) is 6. The summed E-state index contributed by atoms with van der Waals surface area (Å²) in [6.45, 7) is 11.8. The van der Waals surface area contributed by atoms with E-state index in [4.69, 9.17) is 9.47 Å². The fourth-order valence-electron chi connectivity index (χ4n) is 8.35. The summed E-state index contributed by atoms with van der Waals surface area (Å²) in [5.41, 5.74) is -0.822. The standard InChI is InChI=1S/C35H42O6/c1-6-33(4)20-28(34(5)22(2)15-17-35(23(3)32(33)39)18-16-27(36)31(34)35)41-30(38)21-40-29(37)14-12-24-11-13-25-9-7-8-10-26(25)19-24/h6-14,19,22-23,28,31-32,39H,1,15-18,20-21H2,2-5H3/b14-12+/t22-,23+,28-,31+,32+,33-,34+,35+/m1/s1. The van der Waals surface area contributed by atoms with Gasteiger partial charge in [0.05, 0.1) is 6.10 Å². The summed E-state index contributed by atoms with van der Waals surface area (Å²) in [7, 11) is 0. The van der Waals surface area contributed by atoms with Gasteiger partial charge in [-0.25, -0.2) is 9.59 Å². The van der Waals surface area contributed by atoms with Crippen LogP contribution >= 0.6 is 0 Å². The lowest BCUT2D eigenvalue weighted by molar-refractivity contribution is -0.208. The van der Waals surface area contributed by atoms with Crippen LogP contribution in [0.1, 0.15) is 65.4 Å². The number of benzene rings is 2. The monoisotopic (exact) mass is 558 g/mol. The number of carbonyl (C=O) groups excluding carboxylic acids is 3. The predicted molar refractivity (Wildman–Crippen MR) is 159 cm³/mol. The maximum absolute atomic E-state index is 13.5. The second-order valence-corrected chi connectivity index (χ2v) is 13.1. The molecule has 0 amide bonds. The molecule has 0 aromatic heterocycles. The summed E-state index contributed by atoms with van der Waals surface area (Å²) < 4.78 is 11.4. The van der Waals surface area contributed by atoms with Gasteiger partial charge in [-0.1, -0.05) is 70.2 Å². The van der Waals surface area contributed by atoms with Crippen molar-refractivity contribution in [2.45, 2.75) is 72.0 Å². The number of carbonyl (C=O) groups is 3. The van der Waals surface area contributed by atoms with Crippen LogP contribution in [0, 0.1) is 34.0 Å². The largest absolute Gasteiger partial charge is 0.459 e. The molecular formula is C35H42O6. The fraction of sp³-hybridized carbons (Fsp3) is 0.514. The zero-order chi connectivity index (χ0) is 29.6. The van der Waals surface area contributed by atoms with Gasteiger partial charge in [-0.2, -0.15) is 0 Å². The second-order valence-electron chi connectivity index (χ2n) is 13.1. The van der Waals surface area contributed by atoms with Crippen LogP contribution < -0.4 is 0 Å². The highest BCUT2D eigenvalue weighted by Crippen LogP contribution is 2.68. The second kappa shape index (κ2) is 10.9. The Labute approximate surface area is 242 Å². The number of esters is 2. The van der Waals surface area contributed by atoms with Crippen molar-refractivity contribution in [1.82, 2.24) is 0 Å². The SMILES string of the molecule is C=C[C@]1(C)C[C@@H](OC(=O)COC(=O)/C=C/c2ccc3ccccc3c2)[C@]2(C)[C@H](C)CC[C@]3(CCC(=O)[C@H]32)[C@@H](C)[C@@H]1O. The summed E-state index contributed by atoms with van der Waals surface area (Å²) in [6.07, 6.45) is 6.67. The maximum atomic E-state index is 13.5. The number of hydrogen-bond donors (Lipinski definition) is 1. The number of rotatable bonds is 6. The molecule has 3 aliphatic rings. The van der Waals surface area contributed by atoms with Gasteiger partial charge in [0.15, 0.2) is 6.61 Å². The molecule has 0 spiro atoms. The highest BCUT2D eigenvalue weighted by atomic mass is 16.6. The van der Waals surface area contributed by atoms with Crippen molar-refractivity contribution in [3.8, 4) is 0 Å². The number of ketones is 1. The molecule has 8 atom stereocenters. The first kappa shape index (κ1) is 29.2. The van der Waals surface area contributed by atoms with E-state index in [1.165, 1.54) is 6.08 Å². The first-order valence-electron chi connectivity index (χ1n) is 14.8. The molecule has 0 unspecified atom stereocenters. The van der Waals surface area contributed by atoms with Crippen LogP contribution in [0.5, 0.6) is 0 Å². The van der Waals surface area contributed by atoms with E-state index in [1.807, 2.05) is 49.4 Å². The third kappa shape index (κ3) is 4.94. The van der Waals surface area contributed by atoms with E-state index in [9.17, 15) is 19.5 Å². The summed E-state index contributed by atoms with van der Waals surface area (Å²) >= 11 is 0. The van der Waals surface area contributed by atoms with Gasteiger partial charge >= 0.3 is 11.9 Å². The third-order valence-electron chi connectivity index (χ3n) is 11.1. The number of ether oxygens (including phenoxy) is 2. The number of fused-ring (bicyclic) bond motifs is 1. The van der Waals surface area contributed by atoms with Gasteiger partial charge in [-0.15, -0.1) is 6.58 Å². The van der Waals surface area contributed by atoms with Crippen molar-refractivity contribution in [2.24, 2.45) is 34.0 Å². The van der Waals surface area contributed by atoms with E-state index >= 15 is 0 Å². The molecule has 6 nitrogen and oxygen atoms in total. The molecule has 0 heterocycles. The average Bonchev–Trinajstić information content (AvgIpc) is 3.33. The van der Waals surface area contributed by atoms with E-state index < -0.39 is 41.6 Å². The predicted octanol–water partition coefficient (Wildman–Crippen LogP) is 6.30. The van der Waals surface area contributed by atoms with Crippen molar-refractivity contribution in [3.05, 3.63) is 66.8 Å². The van der Waals surface area contributed by atoms with Crippen molar-refractivity contribution in [2.75, 3.05) is 6.61 Å². The van der Waals surface area contributed by atoms with Gasteiger partial charge < -0.3 is 14.6 Å². The van der Waals surface area contributed by atoms with Crippen molar-refractivity contribution in [1.29, 1.82) is 0 Å². The Morgan fingerprint density at radius 1 is 1.10 bits per heavy atom. The topological polar surface area (TPSA) is 89.9 Å². The molecule has 5 rings (SSSR count). The van der Waals surface area contributed by atoms with Crippen molar-refractivity contribution >= 4 is 34.6 Å². The molecule has 0 saturated heterocycles. The molecule has 3 saturated carbocycles. The molecule has 41 heavy (non-hydrogen) atoms. The minimum atomic E-state index is -0.731. The Balaban J connectivity index is 1.33. The smallest absolute Gasteiger partial charge is 0.344 e. The van der Waals surface area contributed by atoms with Crippen LogP contribution in [0.3, 0.4) is 0 Å². The fourth-order valence-corrected chi connectivity index (χ4v) is 8.35. The van der Waals surface area contributed by atoms with E-state index in [1.54, 1.807) is 12.2 Å². The Morgan fingerprint density at radius 3 is 2.56 bits per heavy atom. The van der Waals surface area contributed by atoms with Gasteiger partial charge in [0.2, 0.25) is 0 Å². The molecule has 2 aromatic rings. The number of aliphatic hydroxyl groups is 1. The molecule has 3 aliphatic carbocycles. The molecule has 2 bridgehead atoms. The first-order chi connectivity index (χ1) is 19.4. The lowest BCUT2D eigenvalue weighted by Gasteiger charge is -2.61. The number of aliphatic hydroxyl groups excluding tert-OH is 1. The Bertz CT molecular complexity index is 1390. The van der Waals surface area contributed by atoms with Crippen molar-refractivity contribution < 1.29 is 29.0 Å². The summed E-state index contributed by atoms with van der Waals surface area (Å²) in [6, 6.07) is 13.8. The average molecular weight is 559 g/mol. The number of Topliss-reactive ketones (excluding diaryl/α,β-unsaturated/α-hetero) is 1. The summed E-state index contributed by atoms with van der Waals surface area (Å²) in [4.78, 5) is 39.1. The molecule has 1 N–H and O–H groups in total. The van der Waals surface area contributed by atoms with Crippen LogP contribution in [0.15, 0.2) is 61.2 Å². The zero-order valence-electron chi connectivity index (χ0n) is 24.6. The third-order valence-corrected chi connectivity index (χ3v) is 11.1. The van der Waals surface area contributed by atoms with Crippen LogP contribution in [0.4, 0.5) is 0 Å². The lowest BCUT2D eigenvalue weighted by Crippen LogP contribution is -2.63. The van der Waals surface area contributed by atoms with E-state index in [2.05, 4.69) is 27.4 Å². The van der Waals surface area contributed by atoms with Gasteiger partial charge in [0.25, 0.3) is 0 Å². The zero-order valence-corrected chi connectivity index (χ0v) is 24.6. The molecular weight excluding hydrogens is 516 g/mol. The highest BCUT2D eigenvalue weighted by molar-refractivity contribution is 5.90. The summed E-state index contributed by atoms with van der Waals surface area (Å²) in [5.74, 6) is -1.37. The lowest BCUT2D eigenvalue weighted by atomic mass is 9.44. The minimum absolute atomic E-state index is 0.0965. The first-order valence-corrected chi connectivity index (χ1v) is 14.8. The van der Waals surface area contributed by atoms with E-state index in [-0.39, 0.29) is 29.0 Å². The Kier molecular flexibility index (Phi) is 7.75. The molecule has 3 fully saturated rings. The molecule has 2 aromatic carbocycles. The van der Waals surface area contributed by atoms with Gasteiger partial charge in [-0.05, 0) is 71.4 Å².